The lowest BCUT2D eigenvalue weighted by atomic mass is 10.2. The molecule has 0 aliphatic rings. The second-order valence-corrected chi connectivity index (χ2v) is 3.65. The number of rotatable bonds is 5. The molecule has 0 aromatic heterocycles. The van der Waals surface area contributed by atoms with Crippen LogP contribution in [0.5, 0.6) is 5.75 Å². The largest absolute Gasteiger partial charge is 0.484 e. The van der Waals surface area contributed by atoms with E-state index >= 15 is 0 Å². The van der Waals surface area contributed by atoms with Gasteiger partial charge in [-0.25, -0.2) is 4.79 Å². The predicted octanol–water partition coefficient (Wildman–Crippen LogP) is 1.58. The highest BCUT2D eigenvalue weighted by Crippen LogP contribution is 2.23. The van der Waals surface area contributed by atoms with E-state index in [1.807, 2.05) is 0 Å². The van der Waals surface area contributed by atoms with E-state index in [1.54, 1.807) is 0 Å². The standard InChI is InChI=1S/C11H9ClO5/c1-6(13)9(14)5-17-10-4-7(12)2-3-8(10)11(15)16/h2-4H,5H2,1H3,(H,15,16). The molecule has 0 amide bonds. The van der Waals surface area contributed by atoms with Crippen molar-refractivity contribution in [3.8, 4) is 5.75 Å². The fourth-order valence-corrected chi connectivity index (χ4v) is 1.20. The molecule has 0 saturated carbocycles. The number of Topliss-reactive ketones (excluding diaryl/α,β-unsaturated/α-hetero) is 2. The lowest BCUT2D eigenvalue weighted by molar-refractivity contribution is -0.136. The molecular weight excluding hydrogens is 248 g/mol. The van der Waals surface area contributed by atoms with Gasteiger partial charge in [0.25, 0.3) is 0 Å². The summed E-state index contributed by atoms with van der Waals surface area (Å²) in [5.74, 6) is -2.63. The first-order chi connectivity index (χ1) is 7.91. The molecule has 1 aromatic carbocycles. The minimum atomic E-state index is -1.20. The molecule has 5 nitrogen and oxygen atoms in total. The number of carbonyl (C=O) groups is 3. The molecule has 6 heteroatoms. The van der Waals surface area contributed by atoms with Gasteiger partial charge in [0.1, 0.15) is 11.3 Å². The average molecular weight is 257 g/mol. The molecule has 0 aliphatic carbocycles. The number of carbonyl (C=O) groups excluding carboxylic acids is 2. The minimum absolute atomic E-state index is 0.0420. The smallest absolute Gasteiger partial charge is 0.339 e. The Labute approximate surface area is 102 Å². The van der Waals surface area contributed by atoms with Crippen LogP contribution in [0.25, 0.3) is 0 Å². The van der Waals surface area contributed by atoms with Crippen LogP contribution < -0.4 is 4.74 Å². The van der Waals surface area contributed by atoms with Gasteiger partial charge in [-0.2, -0.15) is 0 Å². The third-order valence-electron chi connectivity index (χ3n) is 1.93. The maximum atomic E-state index is 11.0. The summed E-state index contributed by atoms with van der Waals surface area (Å²) in [7, 11) is 0. The van der Waals surface area contributed by atoms with Crippen LogP contribution in [0.4, 0.5) is 0 Å². The molecule has 0 fully saturated rings. The molecular formula is C11H9ClO5. The second kappa shape index (κ2) is 5.45. The molecule has 1 N–H and O–H groups in total. The van der Waals surface area contributed by atoms with E-state index in [1.165, 1.54) is 18.2 Å². The maximum absolute atomic E-state index is 11.0. The van der Waals surface area contributed by atoms with Gasteiger partial charge in [-0.15, -0.1) is 0 Å². The van der Waals surface area contributed by atoms with Crippen molar-refractivity contribution >= 4 is 29.1 Å². The Hall–Kier alpha value is -1.88. The minimum Gasteiger partial charge on any atom is -0.484 e. The predicted molar refractivity (Wildman–Crippen MR) is 59.6 cm³/mol. The normalized spacial score (nSPS) is 9.76. The summed E-state index contributed by atoms with van der Waals surface area (Å²) >= 11 is 5.67. The SMILES string of the molecule is CC(=O)C(=O)COc1cc(Cl)ccc1C(=O)O. The zero-order valence-electron chi connectivity index (χ0n) is 8.90. The summed E-state index contributed by atoms with van der Waals surface area (Å²) in [4.78, 5) is 32.5. The quantitative estimate of drug-likeness (QED) is 0.809. The molecule has 17 heavy (non-hydrogen) atoms. The summed E-state index contributed by atoms with van der Waals surface area (Å²) in [6.07, 6.45) is 0. The number of ether oxygens (including phenoxy) is 1. The van der Waals surface area contributed by atoms with E-state index in [9.17, 15) is 14.4 Å². The van der Waals surface area contributed by atoms with E-state index in [2.05, 4.69) is 0 Å². The van der Waals surface area contributed by atoms with E-state index in [0.717, 1.165) is 6.92 Å². The first-order valence-corrected chi connectivity index (χ1v) is 4.99. The van der Waals surface area contributed by atoms with Gasteiger partial charge in [-0.05, 0) is 18.2 Å². The monoisotopic (exact) mass is 256 g/mol. The van der Waals surface area contributed by atoms with Crippen molar-refractivity contribution in [1.82, 2.24) is 0 Å². The first-order valence-electron chi connectivity index (χ1n) is 4.61. The maximum Gasteiger partial charge on any atom is 0.339 e. The van der Waals surface area contributed by atoms with Crippen LogP contribution in [0.1, 0.15) is 17.3 Å². The highest BCUT2D eigenvalue weighted by Gasteiger charge is 2.14. The Bertz CT molecular complexity index is 481. The zero-order valence-corrected chi connectivity index (χ0v) is 9.65. The molecule has 0 atom stereocenters. The van der Waals surface area contributed by atoms with Crippen molar-refractivity contribution in [3.63, 3.8) is 0 Å². The molecule has 1 rings (SSSR count). The molecule has 0 bridgehead atoms. The van der Waals surface area contributed by atoms with E-state index in [4.69, 9.17) is 21.4 Å². The van der Waals surface area contributed by atoms with Crippen LogP contribution in [0.15, 0.2) is 18.2 Å². The molecule has 0 radical (unpaired) electrons. The van der Waals surface area contributed by atoms with Crippen LogP contribution in [-0.2, 0) is 9.59 Å². The number of hydrogen-bond donors (Lipinski definition) is 1. The number of hydrogen-bond acceptors (Lipinski definition) is 4. The number of aromatic carboxylic acids is 1. The van der Waals surface area contributed by atoms with Crippen molar-refractivity contribution in [2.75, 3.05) is 6.61 Å². The zero-order chi connectivity index (χ0) is 13.0. The molecule has 0 unspecified atom stereocenters. The van der Waals surface area contributed by atoms with Gasteiger partial charge in [0.05, 0.1) is 0 Å². The highest BCUT2D eigenvalue weighted by molar-refractivity contribution is 6.36. The molecule has 1 aromatic rings. The number of ketones is 2. The third-order valence-corrected chi connectivity index (χ3v) is 2.16. The summed E-state index contributed by atoms with van der Waals surface area (Å²) in [5, 5.41) is 9.13. The van der Waals surface area contributed by atoms with Crippen molar-refractivity contribution in [3.05, 3.63) is 28.8 Å². The number of carboxylic acids is 1. The van der Waals surface area contributed by atoms with Crippen molar-refractivity contribution in [1.29, 1.82) is 0 Å². The van der Waals surface area contributed by atoms with Gasteiger partial charge in [-0.1, -0.05) is 11.6 Å². The lowest BCUT2D eigenvalue weighted by Crippen LogP contribution is -2.19. The lowest BCUT2D eigenvalue weighted by Gasteiger charge is -2.07. The second-order valence-electron chi connectivity index (χ2n) is 3.21. The van der Waals surface area contributed by atoms with Crippen LogP contribution >= 0.6 is 11.6 Å². The van der Waals surface area contributed by atoms with Gasteiger partial charge in [0.15, 0.2) is 12.4 Å². The molecule has 90 valence electrons. The summed E-state index contributed by atoms with van der Waals surface area (Å²) in [5.41, 5.74) is -0.120. The number of halogens is 1. The first kappa shape index (κ1) is 13.2. The van der Waals surface area contributed by atoms with Gasteiger partial charge in [0, 0.05) is 11.9 Å². The Balaban J connectivity index is 2.89. The Kier molecular flexibility index (Phi) is 4.23. The summed E-state index contributed by atoms with van der Waals surface area (Å²) in [6.45, 7) is 0.609. The Morgan fingerprint density at radius 1 is 1.35 bits per heavy atom. The number of benzene rings is 1. The highest BCUT2D eigenvalue weighted by atomic mass is 35.5. The van der Waals surface area contributed by atoms with Crippen LogP contribution in [0.2, 0.25) is 5.02 Å². The van der Waals surface area contributed by atoms with Crippen LogP contribution in [-0.4, -0.2) is 29.2 Å². The number of carboxylic acid groups (broad SMARTS) is 1. The van der Waals surface area contributed by atoms with Crippen molar-refractivity contribution < 1.29 is 24.2 Å². The average Bonchev–Trinajstić information content (AvgIpc) is 2.25. The van der Waals surface area contributed by atoms with Gasteiger partial charge < -0.3 is 9.84 Å². The van der Waals surface area contributed by atoms with E-state index in [0.29, 0.717) is 0 Å². The summed E-state index contributed by atoms with van der Waals surface area (Å²) in [6, 6.07) is 3.93. The van der Waals surface area contributed by atoms with E-state index in [-0.39, 0.29) is 16.3 Å². The van der Waals surface area contributed by atoms with Gasteiger partial charge >= 0.3 is 5.97 Å². The van der Waals surface area contributed by atoms with Crippen LogP contribution in [0.3, 0.4) is 0 Å². The van der Waals surface area contributed by atoms with Gasteiger partial charge in [0.2, 0.25) is 5.78 Å². The van der Waals surface area contributed by atoms with Gasteiger partial charge in [-0.3, -0.25) is 9.59 Å². The molecule has 0 saturated heterocycles. The fourth-order valence-electron chi connectivity index (χ4n) is 1.04. The van der Waals surface area contributed by atoms with Crippen molar-refractivity contribution in [2.45, 2.75) is 6.92 Å². The van der Waals surface area contributed by atoms with Crippen molar-refractivity contribution in [2.24, 2.45) is 0 Å². The Morgan fingerprint density at radius 3 is 2.53 bits per heavy atom. The fraction of sp³-hybridized carbons (Fsp3) is 0.182. The molecule has 0 aliphatic heterocycles. The Morgan fingerprint density at radius 2 is 2.00 bits per heavy atom. The molecule has 0 heterocycles. The topological polar surface area (TPSA) is 80.7 Å². The third kappa shape index (κ3) is 3.57. The van der Waals surface area contributed by atoms with E-state index < -0.39 is 24.1 Å². The van der Waals surface area contributed by atoms with Crippen LogP contribution in [0, 0.1) is 0 Å². The summed E-state index contributed by atoms with van der Waals surface area (Å²) < 4.78 is 4.97. The molecule has 0 spiro atoms.